The van der Waals surface area contributed by atoms with Crippen LogP contribution >= 0.6 is 0 Å². The zero-order chi connectivity index (χ0) is 25.4. The minimum absolute atomic E-state index is 0.0591. The minimum Gasteiger partial charge on any atom is -0.481 e. The second-order valence-corrected chi connectivity index (χ2v) is 10.9. The van der Waals surface area contributed by atoms with Gasteiger partial charge in [0, 0.05) is 17.6 Å². The van der Waals surface area contributed by atoms with Crippen molar-refractivity contribution in [1.29, 1.82) is 0 Å². The number of carbonyl (C=O) groups is 2. The highest BCUT2D eigenvalue weighted by molar-refractivity contribution is 5.95. The summed E-state index contributed by atoms with van der Waals surface area (Å²) in [5.41, 5.74) is 3.95. The highest BCUT2D eigenvalue weighted by atomic mass is 16.5. The van der Waals surface area contributed by atoms with Gasteiger partial charge < -0.3 is 19.1 Å². The van der Waals surface area contributed by atoms with Gasteiger partial charge in [-0.25, -0.2) is 9.78 Å². The van der Waals surface area contributed by atoms with Crippen LogP contribution in [0.15, 0.2) is 12.1 Å². The number of aliphatic carboxylic acids is 1. The fourth-order valence-electron chi connectivity index (χ4n) is 6.60. The van der Waals surface area contributed by atoms with Crippen LogP contribution in [0.25, 0.3) is 11.0 Å². The Morgan fingerprint density at radius 1 is 1.06 bits per heavy atom. The van der Waals surface area contributed by atoms with Crippen molar-refractivity contribution in [2.45, 2.75) is 109 Å². The Morgan fingerprint density at radius 2 is 1.78 bits per heavy atom. The zero-order valence-electron chi connectivity index (χ0n) is 21.7. The van der Waals surface area contributed by atoms with E-state index in [-0.39, 0.29) is 36.3 Å². The second-order valence-electron chi connectivity index (χ2n) is 10.9. The molecule has 2 atom stereocenters. The average molecular weight is 498 g/mol. The summed E-state index contributed by atoms with van der Waals surface area (Å²) in [5, 5.41) is 9.51. The number of ether oxygens (including phenoxy) is 2. The van der Waals surface area contributed by atoms with Crippen LogP contribution in [0.1, 0.15) is 102 Å². The van der Waals surface area contributed by atoms with E-state index in [0.29, 0.717) is 12.8 Å². The molecule has 1 unspecified atom stereocenters. The third kappa shape index (κ3) is 4.60. The number of carboxylic acid groups (broad SMARTS) is 1. The van der Waals surface area contributed by atoms with Gasteiger partial charge in [0.1, 0.15) is 11.9 Å². The SMILES string of the molecule is COC(=O)N1c2ccc3c(nc([C@H](C)OC4CCCCC4)n3C3CCC(C(=O)O)CC3)c2CCC1C. The number of nitrogens with zero attached hydrogens (tertiary/aromatic N) is 3. The fraction of sp³-hybridized carbons (Fsp3) is 0.679. The molecule has 196 valence electrons. The molecule has 36 heavy (non-hydrogen) atoms. The molecule has 2 saturated carbocycles. The van der Waals surface area contributed by atoms with Crippen molar-refractivity contribution in [3.63, 3.8) is 0 Å². The summed E-state index contributed by atoms with van der Waals surface area (Å²) in [6.07, 6.45) is 10.3. The summed E-state index contributed by atoms with van der Waals surface area (Å²) in [4.78, 5) is 31.1. The van der Waals surface area contributed by atoms with E-state index in [1.807, 2.05) is 6.07 Å². The Morgan fingerprint density at radius 3 is 2.44 bits per heavy atom. The number of carbonyl (C=O) groups excluding carboxylic acids is 1. The molecule has 2 fully saturated rings. The van der Waals surface area contributed by atoms with Crippen LogP contribution in [0.3, 0.4) is 0 Å². The topological polar surface area (TPSA) is 93.9 Å². The van der Waals surface area contributed by atoms with Crippen LogP contribution < -0.4 is 4.90 Å². The molecule has 1 aromatic heterocycles. The summed E-state index contributed by atoms with van der Waals surface area (Å²) in [5.74, 6) is -0.0338. The van der Waals surface area contributed by atoms with Crippen LogP contribution in [-0.2, 0) is 20.7 Å². The summed E-state index contributed by atoms with van der Waals surface area (Å²) in [6, 6.07) is 4.36. The number of imidazole rings is 1. The van der Waals surface area contributed by atoms with E-state index in [4.69, 9.17) is 14.5 Å². The van der Waals surface area contributed by atoms with E-state index in [0.717, 1.165) is 66.6 Å². The first kappa shape index (κ1) is 25.1. The molecule has 0 radical (unpaired) electrons. The zero-order valence-corrected chi connectivity index (χ0v) is 21.7. The van der Waals surface area contributed by atoms with Crippen molar-refractivity contribution in [3.05, 3.63) is 23.5 Å². The van der Waals surface area contributed by atoms with Gasteiger partial charge in [0.2, 0.25) is 0 Å². The van der Waals surface area contributed by atoms with Crippen LogP contribution in [0.5, 0.6) is 0 Å². The van der Waals surface area contributed by atoms with E-state index in [2.05, 4.69) is 24.5 Å². The predicted molar refractivity (Wildman–Crippen MR) is 137 cm³/mol. The van der Waals surface area contributed by atoms with E-state index in [1.165, 1.54) is 26.4 Å². The lowest BCUT2D eigenvalue weighted by Crippen LogP contribution is -2.42. The molecule has 0 saturated heterocycles. The average Bonchev–Trinajstić information content (AvgIpc) is 3.29. The number of rotatable bonds is 5. The Labute approximate surface area is 213 Å². The van der Waals surface area contributed by atoms with Gasteiger partial charge in [-0.3, -0.25) is 9.69 Å². The van der Waals surface area contributed by atoms with E-state index in [9.17, 15) is 14.7 Å². The quantitative estimate of drug-likeness (QED) is 0.531. The summed E-state index contributed by atoms with van der Waals surface area (Å²) < 4.78 is 14.0. The molecule has 0 spiro atoms. The van der Waals surface area contributed by atoms with Gasteiger partial charge in [0.25, 0.3) is 0 Å². The number of benzene rings is 1. The van der Waals surface area contributed by atoms with Gasteiger partial charge in [-0.15, -0.1) is 0 Å². The smallest absolute Gasteiger partial charge is 0.414 e. The molecule has 1 aromatic carbocycles. The molecule has 3 aliphatic rings. The largest absolute Gasteiger partial charge is 0.481 e. The number of fused-ring (bicyclic) bond motifs is 3. The van der Waals surface area contributed by atoms with Gasteiger partial charge in [-0.2, -0.15) is 0 Å². The molecule has 5 rings (SSSR count). The van der Waals surface area contributed by atoms with Crippen molar-refractivity contribution >= 4 is 28.8 Å². The van der Waals surface area contributed by atoms with Gasteiger partial charge in [-0.1, -0.05) is 19.3 Å². The van der Waals surface area contributed by atoms with Crippen molar-refractivity contribution in [2.75, 3.05) is 12.0 Å². The van der Waals surface area contributed by atoms with Crippen molar-refractivity contribution in [3.8, 4) is 0 Å². The number of anilines is 1. The maximum atomic E-state index is 12.6. The first-order valence-corrected chi connectivity index (χ1v) is 13.7. The summed E-state index contributed by atoms with van der Waals surface area (Å²) >= 11 is 0. The number of aromatic nitrogens is 2. The summed E-state index contributed by atoms with van der Waals surface area (Å²) in [7, 11) is 1.42. The molecule has 2 aliphatic carbocycles. The highest BCUT2D eigenvalue weighted by Crippen LogP contribution is 2.42. The Hall–Kier alpha value is -2.61. The van der Waals surface area contributed by atoms with Crippen molar-refractivity contribution < 1.29 is 24.2 Å². The van der Waals surface area contributed by atoms with Gasteiger partial charge in [-0.05, 0) is 77.3 Å². The lowest BCUT2D eigenvalue weighted by atomic mass is 9.85. The van der Waals surface area contributed by atoms with Crippen molar-refractivity contribution in [1.82, 2.24) is 9.55 Å². The van der Waals surface area contributed by atoms with Crippen LogP contribution in [0.2, 0.25) is 0 Å². The standard InChI is InChI=1S/C28H39N3O5/c1-17-9-14-22-23(30(17)28(34)35-3)15-16-24-25(22)29-26(18(2)36-21-7-5-4-6-8-21)31(24)20-12-10-19(11-13-20)27(32)33/h15-21H,4-14H2,1-3H3,(H,32,33)/t17?,18-,19?,20?/m0/s1. The van der Waals surface area contributed by atoms with Gasteiger partial charge >= 0.3 is 12.1 Å². The van der Waals surface area contributed by atoms with Crippen LogP contribution in [-0.4, -0.2) is 46.0 Å². The maximum absolute atomic E-state index is 12.6. The van der Waals surface area contributed by atoms with Gasteiger partial charge in [0.05, 0.1) is 35.9 Å². The third-order valence-corrected chi connectivity index (χ3v) is 8.58. The molecule has 2 heterocycles. The molecule has 1 aliphatic heterocycles. The molecule has 8 heteroatoms. The highest BCUT2D eigenvalue weighted by Gasteiger charge is 2.35. The third-order valence-electron chi connectivity index (χ3n) is 8.58. The Bertz CT molecular complexity index is 1110. The normalized spacial score (nSPS) is 26.0. The second kappa shape index (κ2) is 10.4. The number of aryl methyl sites for hydroxylation is 1. The number of carboxylic acids is 1. The van der Waals surface area contributed by atoms with E-state index < -0.39 is 5.97 Å². The Balaban J connectivity index is 1.56. The molecule has 2 aromatic rings. The number of methoxy groups -OCH3 is 1. The lowest BCUT2D eigenvalue weighted by molar-refractivity contribution is -0.143. The molecule has 8 nitrogen and oxygen atoms in total. The first-order valence-electron chi connectivity index (χ1n) is 13.7. The van der Waals surface area contributed by atoms with Crippen LogP contribution in [0, 0.1) is 5.92 Å². The van der Waals surface area contributed by atoms with Crippen LogP contribution in [0.4, 0.5) is 10.5 Å². The summed E-state index contributed by atoms with van der Waals surface area (Å²) in [6.45, 7) is 4.15. The fourth-order valence-corrected chi connectivity index (χ4v) is 6.60. The van der Waals surface area contributed by atoms with E-state index >= 15 is 0 Å². The number of amides is 1. The molecule has 1 amide bonds. The lowest BCUT2D eigenvalue weighted by Gasteiger charge is -2.34. The first-order chi connectivity index (χ1) is 17.4. The number of hydrogen-bond donors (Lipinski definition) is 1. The monoisotopic (exact) mass is 497 g/mol. The molecule has 1 N–H and O–H groups in total. The van der Waals surface area contributed by atoms with E-state index in [1.54, 1.807) is 4.90 Å². The molecule has 0 bridgehead atoms. The van der Waals surface area contributed by atoms with Gasteiger partial charge in [0.15, 0.2) is 0 Å². The Kier molecular flexibility index (Phi) is 7.24. The molecular weight excluding hydrogens is 458 g/mol. The maximum Gasteiger partial charge on any atom is 0.414 e. The van der Waals surface area contributed by atoms with Crippen molar-refractivity contribution in [2.24, 2.45) is 5.92 Å². The minimum atomic E-state index is -0.691. The number of hydrogen-bond acceptors (Lipinski definition) is 5. The predicted octanol–water partition coefficient (Wildman–Crippen LogP) is 6.17. The molecular formula is C28H39N3O5.